The van der Waals surface area contributed by atoms with Crippen LogP contribution >= 0.6 is 12.4 Å². The highest BCUT2D eigenvalue weighted by Crippen LogP contribution is 2.16. The Morgan fingerprint density at radius 2 is 1.35 bits per heavy atom. The van der Waals surface area contributed by atoms with Gasteiger partial charge in [-0.2, -0.15) is 0 Å². The van der Waals surface area contributed by atoms with Crippen LogP contribution in [-0.4, -0.2) is 33.4 Å². The van der Waals surface area contributed by atoms with Crippen LogP contribution in [-0.2, 0) is 0 Å². The minimum absolute atomic E-state index is 0. The maximum absolute atomic E-state index is 5.63. The van der Waals surface area contributed by atoms with Gasteiger partial charge in [0.05, 0.1) is 13.7 Å². The van der Waals surface area contributed by atoms with E-state index in [2.05, 4.69) is 5.32 Å². The Hall–Kier alpha value is -1.91. The molecule has 0 aliphatic heterocycles. The summed E-state index contributed by atoms with van der Waals surface area (Å²) in [6.07, 6.45) is 0.970. The van der Waals surface area contributed by atoms with Gasteiger partial charge in [0.15, 0.2) is 0 Å². The molecule has 0 aliphatic carbocycles. The number of benzene rings is 2. The molecule has 0 spiro atoms. The normalized spacial score (nSPS) is 9.78. The molecule has 4 nitrogen and oxygen atoms in total. The fourth-order valence-corrected chi connectivity index (χ4v) is 1.94. The van der Waals surface area contributed by atoms with Crippen LogP contribution in [0.15, 0.2) is 54.6 Å². The van der Waals surface area contributed by atoms with Crippen molar-refractivity contribution >= 4 is 12.4 Å². The molecule has 0 amide bonds. The van der Waals surface area contributed by atoms with Gasteiger partial charge >= 0.3 is 0 Å². The standard InChI is InChI=1S/C18H23NO3.ClH/c1-20-16-8-10-18(11-9-16)22-15-13-19-12-5-14-21-17-6-3-2-4-7-17;/h2-4,6-11,19H,5,12-15H2,1H3;1H. The predicted molar refractivity (Wildman–Crippen MR) is 95.2 cm³/mol. The lowest BCUT2D eigenvalue weighted by Gasteiger charge is -2.09. The highest BCUT2D eigenvalue weighted by atomic mass is 35.5. The van der Waals surface area contributed by atoms with Gasteiger partial charge in [0.1, 0.15) is 23.9 Å². The van der Waals surface area contributed by atoms with E-state index in [1.807, 2.05) is 54.6 Å². The highest BCUT2D eigenvalue weighted by Gasteiger charge is 1.95. The molecular formula is C18H24ClNO3. The third-order valence-corrected chi connectivity index (χ3v) is 3.12. The minimum Gasteiger partial charge on any atom is -0.497 e. The van der Waals surface area contributed by atoms with Crippen LogP contribution in [0.4, 0.5) is 0 Å². The molecular weight excluding hydrogens is 314 g/mol. The first kappa shape index (κ1) is 19.1. The summed E-state index contributed by atoms with van der Waals surface area (Å²) in [6.45, 7) is 3.10. The highest BCUT2D eigenvalue weighted by molar-refractivity contribution is 5.85. The average Bonchev–Trinajstić information content (AvgIpc) is 2.59. The van der Waals surface area contributed by atoms with Crippen molar-refractivity contribution in [3.8, 4) is 17.2 Å². The number of methoxy groups -OCH3 is 1. The number of halogens is 1. The Morgan fingerprint density at radius 3 is 2.04 bits per heavy atom. The molecule has 0 radical (unpaired) electrons. The first-order valence-corrected chi connectivity index (χ1v) is 7.54. The molecule has 0 saturated carbocycles. The molecule has 5 heteroatoms. The average molecular weight is 338 g/mol. The van der Waals surface area contributed by atoms with Crippen molar-refractivity contribution in [1.29, 1.82) is 0 Å². The van der Waals surface area contributed by atoms with Crippen molar-refractivity contribution in [3.05, 3.63) is 54.6 Å². The van der Waals surface area contributed by atoms with Crippen molar-refractivity contribution in [3.63, 3.8) is 0 Å². The summed E-state index contributed by atoms with van der Waals surface area (Å²) in [5.74, 6) is 2.62. The van der Waals surface area contributed by atoms with E-state index in [9.17, 15) is 0 Å². The van der Waals surface area contributed by atoms with E-state index < -0.39 is 0 Å². The van der Waals surface area contributed by atoms with Gasteiger partial charge in [-0.25, -0.2) is 0 Å². The molecule has 23 heavy (non-hydrogen) atoms. The lowest BCUT2D eigenvalue weighted by atomic mass is 10.3. The van der Waals surface area contributed by atoms with E-state index in [4.69, 9.17) is 14.2 Å². The van der Waals surface area contributed by atoms with Gasteiger partial charge in [0, 0.05) is 6.54 Å². The van der Waals surface area contributed by atoms with Gasteiger partial charge in [0.2, 0.25) is 0 Å². The number of hydrogen-bond acceptors (Lipinski definition) is 4. The fraction of sp³-hybridized carbons (Fsp3) is 0.333. The lowest BCUT2D eigenvalue weighted by Crippen LogP contribution is -2.23. The van der Waals surface area contributed by atoms with Crippen molar-refractivity contribution in [1.82, 2.24) is 5.32 Å². The molecule has 126 valence electrons. The first-order valence-electron chi connectivity index (χ1n) is 7.54. The molecule has 0 aliphatic rings. The van der Waals surface area contributed by atoms with E-state index in [0.717, 1.165) is 43.4 Å². The van der Waals surface area contributed by atoms with Crippen LogP contribution in [0.5, 0.6) is 17.2 Å². The van der Waals surface area contributed by atoms with E-state index in [1.165, 1.54) is 0 Å². The van der Waals surface area contributed by atoms with Crippen molar-refractivity contribution in [2.45, 2.75) is 6.42 Å². The maximum Gasteiger partial charge on any atom is 0.119 e. The molecule has 0 unspecified atom stereocenters. The predicted octanol–water partition coefficient (Wildman–Crippen LogP) is 3.55. The van der Waals surface area contributed by atoms with Crippen LogP contribution < -0.4 is 19.5 Å². The molecule has 0 atom stereocenters. The molecule has 2 aromatic rings. The number of para-hydroxylation sites is 1. The van der Waals surface area contributed by atoms with E-state index >= 15 is 0 Å². The second-order valence-corrected chi connectivity index (χ2v) is 4.79. The largest absolute Gasteiger partial charge is 0.497 e. The van der Waals surface area contributed by atoms with Crippen LogP contribution in [0.3, 0.4) is 0 Å². The van der Waals surface area contributed by atoms with Gasteiger partial charge in [-0.3, -0.25) is 0 Å². The summed E-state index contributed by atoms with van der Waals surface area (Å²) in [5, 5.41) is 3.33. The molecule has 0 saturated heterocycles. The molecule has 0 fully saturated rings. The molecule has 1 N–H and O–H groups in total. The Morgan fingerprint density at radius 1 is 0.739 bits per heavy atom. The Balaban J connectivity index is 0.00000264. The molecule has 2 aromatic carbocycles. The molecule has 0 aromatic heterocycles. The summed E-state index contributed by atoms with van der Waals surface area (Å²) < 4.78 is 16.4. The van der Waals surface area contributed by atoms with Gasteiger partial charge in [0.25, 0.3) is 0 Å². The Labute approximate surface area is 144 Å². The zero-order chi connectivity index (χ0) is 15.5. The summed E-state index contributed by atoms with van der Waals surface area (Å²) in [4.78, 5) is 0. The number of ether oxygens (including phenoxy) is 3. The van der Waals surface area contributed by atoms with Gasteiger partial charge < -0.3 is 19.5 Å². The zero-order valence-corrected chi connectivity index (χ0v) is 14.2. The lowest BCUT2D eigenvalue weighted by molar-refractivity contribution is 0.294. The number of hydrogen-bond donors (Lipinski definition) is 1. The fourth-order valence-electron chi connectivity index (χ4n) is 1.94. The Kier molecular flexibility index (Phi) is 9.68. The van der Waals surface area contributed by atoms with Gasteiger partial charge in [-0.1, -0.05) is 18.2 Å². The van der Waals surface area contributed by atoms with Gasteiger partial charge in [-0.05, 0) is 49.4 Å². The van der Waals surface area contributed by atoms with Crippen molar-refractivity contribution < 1.29 is 14.2 Å². The van der Waals surface area contributed by atoms with E-state index in [1.54, 1.807) is 7.11 Å². The summed E-state index contributed by atoms with van der Waals surface area (Å²) >= 11 is 0. The van der Waals surface area contributed by atoms with E-state index in [0.29, 0.717) is 6.61 Å². The minimum atomic E-state index is 0. The van der Waals surface area contributed by atoms with Gasteiger partial charge in [-0.15, -0.1) is 12.4 Å². The molecule has 0 heterocycles. The summed E-state index contributed by atoms with van der Waals surface area (Å²) in [6, 6.07) is 17.5. The Bertz CT molecular complexity index is 520. The first-order chi connectivity index (χ1) is 10.9. The maximum atomic E-state index is 5.63. The zero-order valence-electron chi connectivity index (χ0n) is 13.4. The molecule has 0 bridgehead atoms. The topological polar surface area (TPSA) is 39.7 Å². The second-order valence-electron chi connectivity index (χ2n) is 4.79. The number of rotatable bonds is 10. The third-order valence-electron chi connectivity index (χ3n) is 3.12. The third kappa shape index (κ3) is 7.77. The SMILES string of the molecule is COc1ccc(OCCNCCCOc2ccccc2)cc1.Cl. The van der Waals surface area contributed by atoms with Crippen LogP contribution in [0, 0.1) is 0 Å². The number of nitrogens with one attached hydrogen (secondary N) is 1. The second kappa shape index (κ2) is 11.6. The van der Waals surface area contributed by atoms with E-state index in [-0.39, 0.29) is 12.4 Å². The summed E-state index contributed by atoms with van der Waals surface area (Å²) in [7, 11) is 1.65. The monoisotopic (exact) mass is 337 g/mol. The van der Waals surface area contributed by atoms with Crippen LogP contribution in [0.1, 0.15) is 6.42 Å². The quantitative estimate of drug-likeness (QED) is 0.673. The summed E-state index contributed by atoms with van der Waals surface area (Å²) in [5.41, 5.74) is 0. The van der Waals surface area contributed by atoms with Crippen molar-refractivity contribution in [2.24, 2.45) is 0 Å². The van der Waals surface area contributed by atoms with Crippen molar-refractivity contribution in [2.75, 3.05) is 33.4 Å². The smallest absolute Gasteiger partial charge is 0.119 e. The van der Waals surface area contributed by atoms with Crippen LogP contribution in [0.2, 0.25) is 0 Å². The molecule has 2 rings (SSSR count). The van der Waals surface area contributed by atoms with Crippen LogP contribution in [0.25, 0.3) is 0 Å².